The summed E-state index contributed by atoms with van der Waals surface area (Å²) >= 11 is 0. The molecule has 4 nitrogen and oxygen atoms in total. The molecule has 1 saturated carbocycles. The van der Waals surface area contributed by atoms with Crippen molar-refractivity contribution >= 4 is 5.78 Å². The Kier molecular flexibility index (Phi) is 5.35. The van der Waals surface area contributed by atoms with Gasteiger partial charge in [0, 0.05) is 12.2 Å². The smallest absolute Gasteiger partial charge is 0.167 e. The quantitative estimate of drug-likeness (QED) is 0.870. The van der Waals surface area contributed by atoms with Crippen molar-refractivity contribution in [1.82, 2.24) is 9.78 Å². The Morgan fingerprint density at radius 2 is 2.10 bits per heavy atom. The van der Waals surface area contributed by atoms with Crippen molar-refractivity contribution in [2.75, 3.05) is 0 Å². The maximum atomic E-state index is 12.3. The number of hydrogen-bond acceptors (Lipinski definition) is 3. The van der Waals surface area contributed by atoms with Gasteiger partial charge in [-0.25, -0.2) is 0 Å². The van der Waals surface area contributed by atoms with Gasteiger partial charge in [0.1, 0.15) is 6.10 Å². The fourth-order valence-electron chi connectivity index (χ4n) is 3.10. The lowest BCUT2D eigenvalue weighted by atomic mass is 9.83. The van der Waals surface area contributed by atoms with E-state index in [2.05, 4.69) is 12.0 Å². The van der Waals surface area contributed by atoms with Crippen LogP contribution >= 0.6 is 0 Å². The van der Waals surface area contributed by atoms with E-state index >= 15 is 0 Å². The molecule has 112 valence electrons. The molecule has 1 atom stereocenters. The number of nitrogens with zero attached hydrogens (tertiary/aromatic N) is 2. The maximum Gasteiger partial charge on any atom is 0.167 e. The van der Waals surface area contributed by atoms with E-state index < -0.39 is 6.10 Å². The topological polar surface area (TPSA) is 55.1 Å². The van der Waals surface area contributed by atoms with Gasteiger partial charge in [0.2, 0.25) is 0 Å². The Hall–Kier alpha value is -1.16. The van der Waals surface area contributed by atoms with Gasteiger partial charge in [0.15, 0.2) is 5.78 Å². The molecule has 0 aliphatic heterocycles. The number of aliphatic hydroxyl groups excluding tert-OH is 1. The highest BCUT2D eigenvalue weighted by atomic mass is 16.3. The second-order valence-electron chi connectivity index (χ2n) is 5.78. The van der Waals surface area contributed by atoms with Crippen molar-refractivity contribution in [2.45, 2.75) is 71.4 Å². The second kappa shape index (κ2) is 7.02. The highest BCUT2D eigenvalue weighted by Crippen LogP contribution is 2.27. The van der Waals surface area contributed by atoms with Gasteiger partial charge < -0.3 is 5.11 Å². The average molecular weight is 278 g/mol. The number of ketones is 1. The molecule has 1 unspecified atom stereocenters. The molecule has 0 saturated heterocycles. The molecule has 1 fully saturated rings. The summed E-state index contributed by atoms with van der Waals surface area (Å²) in [5, 5.41) is 14.7. The molecule has 20 heavy (non-hydrogen) atoms. The van der Waals surface area contributed by atoms with Crippen molar-refractivity contribution in [3.8, 4) is 0 Å². The second-order valence-corrected chi connectivity index (χ2v) is 5.78. The molecule has 1 aliphatic rings. The van der Waals surface area contributed by atoms with Crippen LogP contribution in [0.1, 0.15) is 57.3 Å². The molecular formula is C16H26N2O2. The van der Waals surface area contributed by atoms with Crippen LogP contribution in [0.25, 0.3) is 0 Å². The van der Waals surface area contributed by atoms with E-state index in [0.29, 0.717) is 6.42 Å². The molecule has 1 aromatic heterocycles. The van der Waals surface area contributed by atoms with Gasteiger partial charge in [-0.3, -0.25) is 9.48 Å². The molecule has 4 heteroatoms. The monoisotopic (exact) mass is 278 g/mol. The zero-order valence-electron chi connectivity index (χ0n) is 12.6. The van der Waals surface area contributed by atoms with E-state index in [1.165, 1.54) is 6.42 Å². The summed E-state index contributed by atoms with van der Waals surface area (Å²) < 4.78 is 1.88. The maximum absolute atomic E-state index is 12.3. The first kappa shape index (κ1) is 15.2. The Labute approximate surface area is 121 Å². The highest BCUT2D eigenvalue weighted by molar-refractivity contribution is 5.85. The first-order chi connectivity index (χ1) is 9.65. The summed E-state index contributed by atoms with van der Waals surface area (Å²) in [4.78, 5) is 12.3. The first-order valence-corrected chi connectivity index (χ1v) is 7.92. The van der Waals surface area contributed by atoms with Crippen LogP contribution in [0.3, 0.4) is 0 Å². The molecule has 0 amide bonds. The zero-order chi connectivity index (χ0) is 14.5. The number of rotatable bonds is 6. The van der Waals surface area contributed by atoms with Gasteiger partial charge in [0.25, 0.3) is 0 Å². The highest BCUT2D eigenvalue weighted by Gasteiger charge is 2.28. The molecule has 1 N–H and O–H groups in total. The summed E-state index contributed by atoms with van der Waals surface area (Å²) in [5.74, 6) is 0.119. The largest absolute Gasteiger partial charge is 0.385 e. The number of aliphatic hydroxyl groups is 1. The Bertz CT molecular complexity index is 447. The fraction of sp³-hybridized carbons (Fsp3) is 0.750. The molecule has 2 rings (SSSR count). The van der Waals surface area contributed by atoms with Crippen LogP contribution < -0.4 is 0 Å². The molecule has 0 aromatic carbocycles. The van der Waals surface area contributed by atoms with Gasteiger partial charge in [-0.05, 0) is 38.2 Å². The Morgan fingerprint density at radius 3 is 2.70 bits per heavy atom. The third-order valence-electron chi connectivity index (χ3n) is 4.36. The zero-order valence-corrected chi connectivity index (χ0v) is 12.6. The molecule has 0 spiro atoms. The third kappa shape index (κ3) is 3.48. The number of hydrogen-bond donors (Lipinski definition) is 1. The van der Waals surface area contributed by atoms with Crippen molar-refractivity contribution in [1.29, 1.82) is 0 Å². The predicted octanol–water partition coefficient (Wildman–Crippen LogP) is 2.52. The standard InChI is InChI=1S/C16H26N2O2/c1-3-13-10-14(18(4-2)17-13)11-15(19)16(20)12-8-6-5-7-9-12/h10,12,16,20H,3-9,11H2,1-2H3. The minimum absolute atomic E-state index is 0.0471. The van der Waals surface area contributed by atoms with Crippen molar-refractivity contribution in [2.24, 2.45) is 5.92 Å². The van der Waals surface area contributed by atoms with E-state index in [9.17, 15) is 9.90 Å². The van der Waals surface area contributed by atoms with E-state index in [0.717, 1.165) is 50.0 Å². The SMILES string of the molecule is CCc1cc(CC(=O)C(O)C2CCCCC2)n(CC)n1. The molecule has 1 heterocycles. The van der Waals surface area contributed by atoms with Crippen molar-refractivity contribution in [3.05, 3.63) is 17.5 Å². The van der Waals surface area contributed by atoms with E-state index in [1.807, 2.05) is 17.7 Å². The van der Waals surface area contributed by atoms with Gasteiger partial charge in [-0.15, -0.1) is 0 Å². The lowest BCUT2D eigenvalue weighted by Crippen LogP contribution is -2.32. The summed E-state index contributed by atoms with van der Waals surface area (Å²) in [5.41, 5.74) is 1.95. The fourth-order valence-corrected chi connectivity index (χ4v) is 3.10. The third-order valence-corrected chi connectivity index (χ3v) is 4.36. The van der Waals surface area contributed by atoms with Gasteiger partial charge in [-0.2, -0.15) is 5.10 Å². The number of aryl methyl sites for hydroxylation is 2. The van der Waals surface area contributed by atoms with E-state index in [4.69, 9.17) is 0 Å². The molecule has 0 bridgehead atoms. The van der Waals surface area contributed by atoms with Crippen LogP contribution in [0, 0.1) is 5.92 Å². The number of carbonyl (C=O) groups is 1. The van der Waals surface area contributed by atoms with Crippen molar-refractivity contribution in [3.63, 3.8) is 0 Å². The number of carbonyl (C=O) groups excluding carboxylic acids is 1. The molecule has 1 aromatic rings. The van der Waals surface area contributed by atoms with Crippen molar-refractivity contribution < 1.29 is 9.90 Å². The van der Waals surface area contributed by atoms with Crippen LogP contribution in [-0.2, 0) is 24.2 Å². The summed E-state index contributed by atoms with van der Waals surface area (Å²) in [7, 11) is 0. The lowest BCUT2D eigenvalue weighted by Gasteiger charge is -2.25. The molecular weight excluding hydrogens is 252 g/mol. The van der Waals surface area contributed by atoms with Crippen LogP contribution in [0.15, 0.2) is 6.07 Å². The van der Waals surface area contributed by atoms with Crippen LogP contribution in [0.4, 0.5) is 0 Å². The summed E-state index contributed by atoms with van der Waals surface area (Å²) in [6, 6.07) is 2.00. The summed E-state index contributed by atoms with van der Waals surface area (Å²) in [6.45, 7) is 4.85. The lowest BCUT2D eigenvalue weighted by molar-refractivity contribution is -0.129. The Balaban J connectivity index is 2.01. The van der Waals surface area contributed by atoms with Gasteiger partial charge in [0.05, 0.1) is 12.1 Å². The van der Waals surface area contributed by atoms with E-state index in [-0.39, 0.29) is 11.7 Å². The Morgan fingerprint density at radius 1 is 1.40 bits per heavy atom. The first-order valence-electron chi connectivity index (χ1n) is 7.92. The molecule has 1 aliphatic carbocycles. The number of aromatic nitrogens is 2. The van der Waals surface area contributed by atoms with Gasteiger partial charge >= 0.3 is 0 Å². The van der Waals surface area contributed by atoms with Crippen LogP contribution in [0.5, 0.6) is 0 Å². The minimum atomic E-state index is -0.791. The summed E-state index contributed by atoms with van der Waals surface area (Å²) in [6.07, 6.45) is 5.88. The van der Waals surface area contributed by atoms with Crippen LogP contribution in [-0.4, -0.2) is 26.8 Å². The van der Waals surface area contributed by atoms with Gasteiger partial charge in [-0.1, -0.05) is 26.2 Å². The normalized spacial score (nSPS) is 18.1. The minimum Gasteiger partial charge on any atom is -0.385 e. The molecule has 0 radical (unpaired) electrons. The van der Waals surface area contributed by atoms with E-state index in [1.54, 1.807) is 0 Å². The van der Waals surface area contributed by atoms with Crippen LogP contribution in [0.2, 0.25) is 0 Å². The average Bonchev–Trinajstić information content (AvgIpc) is 2.89. The number of Topliss-reactive ketones (excluding diaryl/α,β-unsaturated/α-hetero) is 1. The predicted molar refractivity (Wildman–Crippen MR) is 78.6 cm³/mol.